The average Bonchev–Trinajstić information content (AvgIpc) is 3.42. The number of amides is 1. The minimum atomic E-state index is -0.651. The summed E-state index contributed by atoms with van der Waals surface area (Å²) in [7, 11) is 0. The molecule has 2 N–H and O–H groups in total. The summed E-state index contributed by atoms with van der Waals surface area (Å²) in [5, 5.41) is 7.09. The van der Waals surface area contributed by atoms with E-state index in [1.807, 2.05) is 13.8 Å². The van der Waals surface area contributed by atoms with Crippen LogP contribution in [0.25, 0.3) is 11.1 Å². The Bertz CT molecular complexity index is 1220. The molecule has 1 aromatic heterocycles. The molecule has 0 spiro atoms. The molecule has 35 heavy (non-hydrogen) atoms. The number of hydrogen-bond acceptors (Lipinski definition) is 5. The number of nitrogens with zero attached hydrogens (tertiary/aromatic N) is 2. The molecule has 3 aromatic rings. The van der Waals surface area contributed by atoms with Gasteiger partial charge in [0.1, 0.15) is 23.0 Å². The molecule has 5 rings (SSSR count). The molecule has 2 aliphatic rings. The molecule has 186 valence electrons. The van der Waals surface area contributed by atoms with Gasteiger partial charge in [0.25, 0.3) is 6.01 Å². The highest BCUT2D eigenvalue weighted by molar-refractivity contribution is 6.31. The monoisotopic (exact) mass is 498 g/mol. The van der Waals surface area contributed by atoms with Crippen molar-refractivity contribution in [1.29, 1.82) is 0 Å². The molecular formula is C27H32ClFN4O2. The number of aromatic nitrogens is 1. The number of carbonyl (C=O) groups excluding carboxylic acids is 1. The van der Waals surface area contributed by atoms with E-state index in [9.17, 15) is 9.18 Å². The van der Waals surface area contributed by atoms with Gasteiger partial charge in [-0.05, 0) is 68.5 Å². The number of halogens is 2. The van der Waals surface area contributed by atoms with Crippen LogP contribution in [0, 0.1) is 11.7 Å². The molecule has 1 aliphatic heterocycles. The minimum Gasteiger partial charge on any atom is -0.423 e. The van der Waals surface area contributed by atoms with Crippen molar-refractivity contribution in [2.75, 3.05) is 16.8 Å². The van der Waals surface area contributed by atoms with Gasteiger partial charge in [-0.2, -0.15) is 4.98 Å². The standard InChI is InChI=1S/C27H32ClFN4O2/c1-27(2,33-13-12-18-15-20(29)9-11-23(18)33)32-25(34)22(14-17-6-4-3-5-7-17)31-26-30-21-10-8-19(28)16-24(21)35-26/h8-11,15-17,22H,3-7,12-14H2,1-2H3,(H,30,31)(H,32,34). The average molecular weight is 499 g/mol. The Morgan fingerprint density at radius 1 is 1.23 bits per heavy atom. The zero-order chi connectivity index (χ0) is 24.6. The van der Waals surface area contributed by atoms with Gasteiger partial charge in [-0.25, -0.2) is 4.39 Å². The first-order chi connectivity index (χ1) is 16.8. The first-order valence-corrected chi connectivity index (χ1v) is 12.9. The predicted octanol–water partition coefficient (Wildman–Crippen LogP) is 6.29. The topological polar surface area (TPSA) is 70.4 Å². The lowest BCUT2D eigenvalue weighted by atomic mass is 9.84. The second-order valence-corrected chi connectivity index (χ2v) is 10.7. The van der Waals surface area contributed by atoms with Crippen LogP contribution in [0.5, 0.6) is 0 Å². The quantitative estimate of drug-likeness (QED) is 0.401. The third-order valence-electron chi connectivity index (χ3n) is 7.30. The van der Waals surface area contributed by atoms with Gasteiger partial charge in [-0.15, -0.1) is 0 Å². The molecule has 1 unspecified atom stereocenters. The van der Waals surface area contributed by atoms with E-state index in [1.54, 1.807) is 30.3 Å². The Hall–Kier alpha value is -2.80. The van der Waals surface area contributed by atoms with Gasteiger partial charge in [0.2, 0.25) is 5.91 Å². The third kappa shape index (κ3) is 5.25. The number of benzene rings is 2. The van der Waals surface area contributed by atoms with Gasteiger partial charge in [0.15, 0.2) is 5.58 Å². The van der Waals surface area contributed by atoms with Crippen molar-refractivity contribution >= 4 is 40.3 Å². The second kappa shape index (κ2) is 9.69. The van der Waals surface area contributed by atoms with E-state index in [1.165, 1.54) is 25.3 Å². The Labute approximate surface area is 210 Å². The van der Waals surface area contributed by atoms with Crippen molar-refractivity contribution < 1.29 is 13.6 Å². The van der Waals surface area contributed by atoms with E-state index in [-0.39, 0.29) is 11.7 Å². The zero-order valence-electron chi connectivity index (χ0n) is 20.2. The lowest BCUT2D eigenvalue weighted by Gasteiger charge is -2.39. The van der Waals surface area contributed by atoms with Crippen LogP contribution in [0.15, 0.2) is 40.8 Å². The van der Waals surface area contributed by atoms with Crippen LogP contribution in [0.2, 0.25) is 5.02 Å². The normalized spacial score (nSPS) is 17.4. The van der Waals surface area contributed by atoms with Crippen LogP contribution in [-0.2, 0) is 11.2 Å². The van der Waals surface area contributed by atoms with E-state index in [0.717, 1.165) is 37.1 Å². The lowest BCUT2D eigenvalue weighted by molar-refractivity contribution is -0.123. The van der Waals surface area contributed by atoms with Crippen LogP contribution in [0.4, 0.5) is 16.1 Å². The third-order valence-corrected chi connectivity index (χ3v) is 7.53. The summed E-state index contributed by atoms with van der Waals surface area (Å²) in [6.45, 7) is 4.70. The van der Waals surface area contributed by atoms with Gasteiger partial charge in [-0.1, -0.05) is 43.7 Å². The molecule has 1 aliphatic carbocycles. The van der Waals surface area contributed by atoms with Crippen molar-refractivity contribution in [3.63, 3.8) is 0 Å². The summed E-state index contributed by atoms with van der Waals surface area (Å²) in [5.74, 6) is 0.143. The summed E-state index contributed by atoms with van der Waals surface area (Å²) in [6.07, 6.45) is 7.38. The predicted molar refractivity (Wildman–Crippen MR) is 137 cm³/mol. The summed E-state index contributed by atoms with van der Waals surface area (Å²) < 4.78 is 19.6. The van der Waals surface area contributed by atoms with E-state index in [4.69, 9.17) is 16.0 Å². The van der Waals surface area contributed by atoms with E-state index in [2.05, 4.69) is 20.5 Å². The van der Waals surface area contributed by atoms with Crippen molar-refractivity contribution in [1.82, 2.24) is 10.3 Å². The maximum Gasteiger partial charge on any atom is 0.296 e. The minimum absolute atomic E-state index is 0.101. The number of fused-ring (bicyclic) bond motifs is 2. The van der Waals surface area contributed by atoms with Crippen molar-refractivity contribution in [3.8, 4) is 0 Å². The van der Waals surface area contributed by atoms with E-state index < -0.39 is 11.7 Å². The molecule has 2 aromatic carbocycles. The number of carbonyl (C=O) groups is 1. The summed E-state index contributed by atoms with van der Waals surface area (Å²) >= 11 is 6.09. The summed E-state index contributed by atoms with van der Waals surface area (Å²) in [4.78, 5) is 20.3. The van der Waals surface area contributed by atoms with Gasteiger partial charge in [-0.3, -0.25) is 4.79 Å². The highest BCUT2D eigenvalue weighted by atomic mass is 35.5. The molecule has 0 radical (unpaired) electrons. The fourth-order valence-corrected chi connectivity index (χ4v) is 5.67. The van der Waals surface area contributed by atoms with Gasteiger partial charge in [0, 0.05) is 23.3 Å². The van der Waals surface area contributed by atoms with Gasteiger partial charge < -0.3 is 20.0 Å². The van der Waals surface area contributed by atoms with Crippen LogP contribution in [0.1, 0.15) is 57.9 Å². The van der Waals surface area contributed by atoms with Gasteiger partial charge >= 0.3 is 0 Å². The Morgan fingerprint density at radius 2 is 2.03 bits per heavy atom. The van der Waals surface area contributed by atoms with E-state index in [0.29, 0.717) is 34.5 Å². The fraction of sp³-hybridized carbons (Fsp3) is 0.481. The summed E-state index contributed by atoms with van der Waals surface area (Å²) in [5.41, 5.74) is 2.55. The molecule has 2 heterocycles. The van der Waals surface area contributed by atoms with E-state index >= 15 is 0 Å². The van der Waals surface area contributed by atoms with Crippen molar-refractivity contribution in [2.24, 2.45) is 5.92 Å². The first kappa shape index (κ1) is 23.9. The van der Waals surface area contributed by atoms with Crippen molar-refractivity contribution in [2.45, 2.75) is 70.5 Å². The summed E-state index contributed by atoms with van der Waals surface area (Å²) in [6, 6.07) is 9.98. The molecule has 0 saturated heterocycles. The maximum atomic E-state index is 13.7. The molecule has 1 saturated carbocycles. The molecule has 0 bridgehead atoms. The Morgan fingerprint density at radius 3 is 2.83 bits per heavy atom. The highest BCUT2D eigenvalue weighted by Gasteiger charge is 2.36. The molecule has 1 fully saturated rings. The Balaban J connectivity index is 1.35. The highest BCUT2D eigenvalue weighted by Crippen LogP contribution is 2.34. The van der Waals surface area contributed by atoms with Crippen LogP contribution < -0.4 is 15.5 Å². The molecule has 1 atom stereocenters. The number of anilines is 2. The van der Waals surface area contributed by atoms with Crippen LogP contribution in [-0.4, -0.2) is 29.1 Å². The molecule has 1 amide bonds. The second-order valence-electron chi connectivity index (χ2n) is 10.3. The molecule has 8 heteroatoms. The number of oxazole rings is 1. The van der Waals surface area contributed by atoms with Crippen molar-refractivity contribution in [3.05, 3.63) is 52.8 Å². The molecular weight excluding hydrogens is 467 g/mol. The van der Waals surface area contributed by atoms with Gasteiger partial charge in [0.05, 0.1) is 0 Å². The largest absolute Gasteiger partial charge is 0.423 e. The number of hydrogen-bond donors (Lipinski definition) is 2. The number of rotatable bonds is 7. The zero-order valence-corrected chi connectivity index (χ0v) is 21.0. The number of nitrogens with one attached hydrogen (secondary N) is 2. The van der Waals surface area contributed by atoms with Crippen LogP contribution >= 0.6 is 11.6 Å². The smallest absolute Gasteiger partial charge is 0.296 e. The first-order valence-electron chi connectivity index (χ1n) is 12.5. The fourth-order valence-electron chi connectivity index (χ4n) is 5.50. The Kier molecular flexibility index (Phi) is 6.62. The maximum absolute atomic E-state index is 13.7. The molecule has 6 nitrogen and oxygen atoms in total. The lowest BCUT2D eigenvalue weighted by Crippen LogP contribution is -2.59. The van der Waals surface area contributed by atoms with Crippen LogP contribution in [0.3, 0.4) is 0 Å². The SMILES string of the molecule is CC(C)(NC(=O)C(CC1CCCCC1)Nc1nc2ccc(Cl)cc2o1)N1CCc2cc(F)ccc21.